The number of hydrogen-bond donors (Lipinski definition) is 1. The fourth-order valence-corrected chi connectivity index (χ4v) is 4.19. The summed E-state index contributed by atoms with van der Waals surface area (Å²) < 4.78 is 5.65. The molecule has 0 bridgehead atoms. The van der Waals surface area contributed by atoms with Gasteiger partial charge in [0.05, 0.1) is 7.11 Å². The number of nitrogens with one attached hydrogen (secondary N) is 1. The molecule has 2 fully saturated rings. The lowest BCUT2D eigenvalue weighted by Gasteiger charge is -2.33. The monoisotopic (exact) mass is 443 g/mol. The summed E-state index contributed by atoms with van der Waals surface area (Å²) in [6.07, 6.45) is 7.58. The summed E-state index contributed by atoms with van der Waals surface area (Å²) >= 11 is 0. The molecule has 0 unspecified atom stereocenters. The quantitative estimate of drug-likeness (QED) is 0.437. The lowest BCUT2D eigenvalue weighted by molar-refractivity contribution is 0.367. The number of nitrogens with zero attached hydrogens (tertiary/aromatic N) is 2. The first-order valence-corrected chi connectivity index (χ1v) is 8.88. The molecule has 0 atom stereocenters. The first-order valence-electron chi connectivity index (χ1n) is 8.88. The third-order valence-electron chi connectivity index (χ3n) is 5.44. The molecule has 1 aromatic rings. The van der Waals surface area contributed by atoms with E-state index in [2.05, 4.69) is 39.5 Å². The molecule has 2 aliphatic rings. The number of ether oxygens (including phenoxy) is 1. The van der Waals surface area contributed by atoms with Gasteiger partial charge in [0.1, 0.15) is 5.75 Å². The van der Waals surface area contributed by atoms with E-state index in [9.17, 15) is 0 Å². The molecule has 1 saturated heterocycles. The Kier molecular flexibility index (Phi) is 7.19. The Bertz CT molecular complexity index is 549. The van der Waals surface area contributed by atoms with Gasteiger partial charge in [-0.1, -0.05) is 31.0 Å². The van der Waals surface area contributed by atoms with Gasteiger partial charge in [-0.25, -0.2) is 0 Å². The first-order chi connectivity index (χ1) is 11.3. The molecule has 24 heavy (non-hydrogen) atoms. The van der Waals surface area contributed by atoms with Gasteiger partial charge in [-0.2, -0.15) is 0 Å². The van der Waals surface area contributed by atoms with Gasteiger partial charge in [-0.05, 0) is 31.7 Å². The normalized spacial score (nSPS) is 19.9. The van der Waals surface area contributed by atoms with Gasteiger partial charge in [-0.3, -0.25) is 4.99 Å². The van der Waals surface area contributed by atoms with Gasteiger partial charge < -0.3 is 15.0 Å². The third kappa shape index (κ3) is 3.98. The molecule has 1 N–H and O–H groups in total. The van der Waals surface area contributed by atoms with E-state index in [-0.39, 0.29) is 29.4 Å². The Labute approximate surface area is 163 Å². The number of aliphatic imine (C=N–C) groups is 1. The number of hydrogen-bond acceptors (Lipinski definition) is 2. The zero-order valence-corrected chi connectivity index (χ0v) is 17.2. The lowest BCUT2D eigenvalue weighted by Crippen LogP contribution is -2.45. The highest BCUT2D eigenvalue weighted by molar-refractivity contribution is 14.0. The third-order valence-corrected chi connectivity index (χ3v) is 5.44. The van der Waals surface area contributed by atoms with Crippen LogP contribution in [0.15, 0.2) is 29.3 Å². The summed E-state index contributed by atoms with van der Waals surface area (Å²) in [5, 5.41) is 3.66. The number of rotatable bonds is 4. The smallest absolute Gasteiger partial charge is 0.193 e. The van der Waals surface area contributed by atoms with Crippen LogP contribution in [0.3, 0.4) is 0 Å². The minimum atomic E-state index is 0. The van der Waals surface area contributed by atoms with E-state index < -0.39 is 0 Å². The van der Waals surface area contributed by atoms with Gasteiger partial charge in [0.25, 0.3) is 0 Å². The van der Waals surface area contributed by atoms with Crippen molar-refractivity contribution in [3.8, 4) is 5.75 Å². The standard InChI is InChI=1S/C19H29N3O.HI/c1-20-18(22-13-7-8-14-22)21-15-19(11-5-6-12-19)16-9-3-4-10-17(16)23-2;/h3-4,9-10H,5-8,11-15H2,1-2H3,(H,20,21);1H. The van der Waals surface area contributed by atoms with E-state index >= 15 is 0 Å². The number of para-hydroxylation sites is 1. The van der Waals surface area contributed by atoms with E-state index in [1.54, 1.807) is 7.11 Å². The maximum absolute atomic E-state index is 5.65. The number of likely N-dealkylation sites (tertiary alicyclic amines) is 1. The fraction of sp³-hybridized carbons (Fsp3) is 0.632. The Hall–Kier alpha value is -0.980. The van der Waals surface area contributed by atoms with Crippen molar-refractivity contribution in [2.24, 2.45) is 4.99 Å². The predicted molar refractivity (Wildman–Crippen MR) is 111 cm³/mol. The van der Waals surface area contributed by atoms with E-state index in [4.69, 9.17) is 4.74 Å². The Balaban J connectivity index is 0.00000208. The summed E-state index contributed by atoms with van der Waals surface area (Å²) in [6.45, 7) is 3.19. The van der Waals surface area contributed by atoms with Gasteiger partial charge in [0.15, 0.2) is 5.96 Å². The van der Waals surface area contributed by atoms with E-state index in [0.717, 1.165) is 31.3 Å². The molecule has 0 spiro atoms. The van der Waals surface area contributed by atoms with Crippen molar-refractivity contribution in [1.82, 2.24) is 10.2 Å². The minimum Gasteiger partial charge on any atom is -0.496 e. The van der Waals surface area contributed by atoms with Crippen molar-refractivity contribution in [2.75, 3.05) is 33.8 Å². The second-order valence-electron chi connectivity index (χ2n) is 6.78. The molecule has 0 radical (unpaired) electrons. The highest BCUT2D eigenvalue weighted by Crippen LogP contribution is 2.44. The van der Waals surface area contributed by atoms with Crippen LogP contribution in [0.2, 0.25) is 0 Å². The van der Waals surface area contributed by atoms with Crippen molar-refractivity contribution < 1.29 is 4.74 Å². The summed E-state index contributed by atoms with van der Waals surface area (Å²) in [6, 6.07) is 8.52. The van der Waals surface area contributed by atoms with Crippen LogP contribution in [-0.4, -0.2) is 44.7 Å². The Morgan fingerprint density at radius 2 is 1.83 bits per heavy atom. The van der Waals surface area contributed by atoms with Gasteiger partial charge in [-0.15, -0.1) is 24.0 Å². The first kappa shape index (κ1) is 19.3. The number of methoxy groups -OCH3 is 1. The average molecular weight is 443 g/mol. The van der Waals surface area contributed by atoms with E-state index in [0.29, 0.717) is 0 Å². The molecule has 1 aliphatic carbocycles. The highest BCUT2D eigenvalue weighted by atomic mass is 127. The molecule has 1 aromatic carbocycles. The number of guanidine groups is 1. The average Bonchev–Trinajstić information content (AvgIpc) is 3.28. The SMILES string of the molecule is CN=C(NCC1(c2ccccc2OC)CCCC1)N1CCCC1.I. The number of halogens is 1. The van der Waals surface area contributed by atoms with Gasteiger partial charge >= 0.3 is 0 Å². The largest absolute Gasteiger partial charge is 0.496 e. The topological polar surface area (TPSA) is 36.9 Å². The van der Waals surface area contributed by atoms with Crippen molar-refractivity contribution in [3.05, 3.63) is 29.8 Å². The van der Waals surface area contributed by atoms with Crippen molar-refractivity contribution in [3.63, 3.8) is 0 Å². The maximum Gasteiger partial charge on any atom is 0.193 e. The van der Waals surface area contributed by atoms with E-state index in [1.807, 2.05) is 7.05 Å². The van der Waals surface area contributed by atoms with E-state index in [1.165, 1.54) is 44.1 Å². The highest BCUT2D eigenvalue weighted by Gasteiger charge is 2.38. The second-order valence-corrected chi connectivity index (χ2v) is 6.78. The molecule has 5 heteroatoms. The minimum absolute atomic E-state index is 0. The molecule has 4 nitrogen and oxygen atoms in total. The predicted octanol–water partition coefficient (Wildman–Crippen LogP) is 3.80. The molecular formula is C19H30IN3O. The molecule has 134 valence electrons. The van der Waals surface area contributed by atoms with Crippen LogP contribution in [0.5, 0.6) is 5.75 Å². The van der Waals surface area contributed by atoms with Crippen LogP contribution in [0, 0.1) is 0 Å². The lowest BCUT2D eigenvalue weighted by atomic mass is 9.78. The molecular weight excluding hydrogens is 413 g/mol. The number of benzene rings is 1. The van der Waals surface area contributed by atoms with Gasteiger partial charge in [0, 0.05) is 37.7 Å². The zero-order valence-electron chi connectivity index (χ0n) is 14.9. The van der Waals surface area contributed by atoms with Crippen molar-refractivity contribution >= 4 is 29.9 Å². The van der Waals surface area contributed by atoms with Crippen LogP contribution < -0.4 is 10.1 Å². The summed E-state index contributed by atoms with van der Waals surface area (Å²) in [5.41, 5.74) is 1.52. The van der Waals surface area contributed by atoms with Gasteiger partial charge in [0.2, 0.25) is 0 Å². The summed E-state index contributed by atoms with van der Waals surface area (Å²) in [5.74, 6) is 2.08. The molecule has 1 aliphatic heterocycles. The van der Waals surface area contributed by atoms with Crippen LogP contribution in [0.1, 0.15) is 44.1 Å². The summed E-state index contributed by atoms with van der Waals surface area (Å²) in [7, 11) is 3.67. The van der Waals surface area contributed by atoms with Crippen LogP contribution in [-0.2, 0) is 5.41 Å². The molecule has 1 heterocycles. The maximum atomic E-state index is 5.65. The second kappa shape index (κ2) is 8.92. The Morgan fingerprint density at radius 3 is 2.46 bits per heavy atom. The summed E-state index contributed by atoms with van der Waals surface area (Å²) in [4.78, 5) is 6.88. The molecule has 0 aromatic heterocycles. The van der Waals surface area contributed by atoms with Crippen molar-refractivity contribution in [1.29, 1.82) is 0 Å². The molecule has 0 amide bonds. The van der Waals surface area contributed by atoms with Crippen LogP contribution in [0.25, 0.3) is 0 Å². The molecule has 3 rings (SSSR count). The fourth-order valence-electron chi connectivity index (χ4n) is 4.19. The zero-order chi connectivity index (χ0) is 16.1. The Morgan fingerprint density at radius 1 is 1.17 bits per heavy atom. The molecule has 1 saturated carbocycles. The van der Waals surface area contributed by atoms with Crippen LogP contribution >= 0.6 is 24.0 Å². The van der Waals surface area contributed by atoms with Crippen LogP contribution in [0.4, 0.5) is 0 Å². The van der Waals surface area contributed by atoms with Crippen molar-refractivity contribution in [2.45, 2.75) is 43.9 Å².